The zero-order valence-electron chi connectivity index (χ0n) is 5.31. The Labute approximate surface area is 57.9 Å². The van der Waals surface area contributed by atoms with Crippen molar-refractivity contribution in [3.63, 3.8) is 0 Å². The van der Waals surface area contributed by atoms with Crippen LogP contribution in [-0.4, -0.2) is 9.97 Å². The van der Waals surface area contributed by atoms with Crippen molar-refractivity contribution in [1.82, 2.24) is 15.3 Å². The zero-order valence-corrected chi connectivity index (χ0v) is 5.31. The second-order valence-electron chi connectivity index (χ2n) is 2.23. The molecule has 1 aromatic heterocycles. The van der Waals surface area contributed by atoms with Gasteiger partial charge in [0.15, 0.2) is 0 Å². The van der Waals surface area contributed by atoms with Gasteiger partial charge in [0.2, 0.25) is 5.82 Å². The summed E-state index contributed by atoms with van der Waals surface area (Å²) in [6, 6.07) is 1.96. The third-order valence-electron chi connectivity index (χ3n) is 1.56. The van der Waals surface area contributed by atoms with Crippen molar-refractivity contribution >= 4 is 0 Å². The molecule has 10 heavy (non-hydrogen) atoms. The summed E-state index contributed by atoms with van der Waals surface area (Å²) in [4.78, 5) is 6.94. The highest BCUT2D eigenvalue weighted by Crippen LogP contribution is 2.10. The standard InChI is InChI=1S/C6H6N4/c7-1-6-9-4-2-8-3-5(4)10-6/h8H,2-3H2,(H,9,10). The molecule has 50 valence electrons. The molecule has 1 aromatic rings. The van der Waals surface area contributed by atoms with Gasteiger partial charge < -0.3 is 10.3 Å². The Balaban J connectivity index is 2.49. The van der Waals surface area contributed by atoms with E-state index < -0.39 is 0 Å². The van der Waals surface area contributed by atoms with E-state index in [4.69, 9.17) is 5.26 Å². The van der Waals surface area contributed by atoms with E-state index in [1.54, 1.807) is 0 Å². The number of aromatic amines is 1. The molecule has 0 aromatic carbocycles. The number of hydrogen-bond acceptors (Lipinski definition) is 3. The Bertz CT molecular complexity index is 272. The average molecular weight is 134 g/mol. The number of nitrogens with one attached hydrogen (secondary N) is 2. The molecule has 2 rings (SSSR count). The fourth-order valence-electron chi connectivity index (χ4n) is 1.10. The summed E-state index contributed by atoms with van der Waals surface area (Å²) in [6.07, 6.45) is 0. The summed E-state index contributed by atoms with van der Waals surface area (Å²) < 4.78 is 0. The molecule has 0 unspecified atom stereocenters. The van der Waals surface area contributed by atoms with Gasteiger partial charge in [0.1, 0.15) is 6.07 Å². The Morgan fingerprint density at radius 1 is 1.50 bits per heavy atom. The van der Waals surface area contributed by atoms with Gasteiger partial charge in [-0.15, -0.1) is 0 Å². The van der Waals surface area contributed by atoms with Crippen LogP contribution in [0.2, 0.25) is 0 Å². The normalized spacial score (nSPS) is 14.7. The average Bonchev–Trinajstić information content (AvgIpc) is 2.42. The van der Waals surface area contributed by atoms with Crippen LogP contribution in [0.1, 0.15) is 17.2 Å². The summed E-state index contributed by atoms with van der Waals surface area (Å²) in [6.45, 7) is 1.59. The van der Waals surface area contributed by atoms with Crippen molar-refractivity contribution in [3.05, 3.63) is 17.2 Å². The first kappa shape index (κ1) is 5.45. The smallest absolute Gasteiger partial charge is 0.210 e. The molecular formula is C6H6N4. The van der Waals surface area contributed by atoms with Crippen LogP contribution in [0.25, 0.3) is 0 Å². The number of hydrogen-bond donors (Lipinski definition) is 2. The molecule has 0 saturated heterocycles. The maximum atomic E-state index is 8.43. The molecule has 0 saturated carbocycles. The topological polar surface area (TPSA) is 64.5 Å². The lowest BCUT2D eigenvalue weighted by Crippen LogP contribution is -2.02. The molecule has 1 aliphatic rings. The molecule has 4 nitrogen and oxygen atoms in total. The summed E-state index contributed by atoms with van der Waals surface area (Å²) in [7, 11) is 0. The molecular weight excluding hydrogens is 128 g/mol. The molecule has 0 atom stereocenters. The highest BCUT2D eigenvalue weighted by molar-refractivity contribution is 5.23. The second kappa shape index (κ2) is 1.82. The highest BCUT2D eigenvalue weighted by atomic mass is 15.0. The zero-order chi connectivity index (χ0) is 6.97. The number of aromatic nitrogens is 2. The number of rotatable bonds is 0. The molecule has 0 aliphatic carbocycles. The van der Waals surface area contributed by atoms with Crippen molar-refractivity contribution in [2.45, 2.75) is 13.1 Å². The molecule has 0 bridgehead atoms. The van der Waals surface area contributed by atoms with E-state index in [0.29, 0.717) is 5.82 Å². The monoisotopic (exact) mass is 134 g/mol. The van der Waals surface area contributed by atoms with E-state index in [1.165, 1.54) is 0 Å². The first-order valence-corrected chi connectivity index (χ1v) is 3.09. The SMILES string of the molecule is N#Cc1nc2c([nH]1)CNC2. The van der Waals surface area contributed by atoms with Crippen molar-refractivity contribution < 1.29 is 0 Å². The van der Waals surface area contributed by atoms with Crippen LogP contribution in [0.3, 0.4) is 0 Å². The fraction of sp³-hybridized carbons (Fsp3) is 0.333. The lowest BCUT2D eigenvalue weighted by atomic mass is 10.4. The van der Waals surface area contributed by atoms with Gasteiger partial charge in [-0.25, -0.2) is 4.98 Å². The predicted octanol–water partition coefficient (Wildman–Crippen LogP) is -0.115. The van der Waals surface area contributed by atoms with E-state index in [-0.39, 0.29) is 0 Å². The molecule has 4 heteroatoms. The lowest BCUT2D eigenvalue weighted by molar-refractivity contribution is 0.741. The lowest BCUT2D eigenvalue weighted by Gasteiger charge is -1.84. The molecule has 1 aliphatic heterocycles. The molecule has 2 heterocycles. The van der Waals surface area contributed by atoms with Crippen LogP contribution in [0.5, 0.6) is 0 Å². The first-order valence-electron chi connectivity index (χ1n) is 3.09. The minimum Gasteiger partial charge on any atom is -0.332 e. The van der Waals surface area contributed by atoms with Crippen molar-refractivity contribution in [1.29, 1.82) is 5.26 Å². The van der Waals surface area contributed by atoms with Gasteiger partial charge in [-0.2, -0.15) is 5.26 Å². The van der Waals surface area contributed by atoms with Crippen molar-refractivity contribution in [2.75, 3.05) is 0 Å². The second-order valence-corrected chi connectivity index (χ2v) is 2.23. The van der Waals surface area contributed by atoms with Crippen LogP contribution < -0.4 is 5.32 Å². The van der Waals surface area contributed by atoms with Crippen LogP contribution in [0.15, 0.2) is 0 Å². The van der Waals surface area contributed by atoms with Crippen LogP contribution in [0, 0.1) is 11.3 Å². The molecule has 0 fully saturated rings. The molecule has 0 radical (unpaired) electrons. The van der Waals surface area contributed by atoms with Gasteiger partial charge in [-0.05, 0) is 0 Å². The van der Waals surface area contributed by atoms with E-state index in [0.717, 1.165) is 24.5 Å². The van der Waals surface area contributed by atoms with E-state index >= 15 is 0 Å². The van der Waals surface area contributed by atoms with Crippen molar-refractivity contribution in [2.24, 2.45) is 0 Å². The van der Waals surface area contributed by atoms with Gasteiger partial charge in [0.25, 0.3) is 0 Å². The largest absolute Gasteiger partial charge is 0.332 e. The van der Waals surface area contributed by atoms with E-state index in [9.17, 15) is 0 Å². The third kappa shape index (κ3) is 0.613. The van der Waals surface area contributed by atoms with Gasteiger partial charge in [-0.1, -0.05) is 0 Å². The van der Waals surface area contributed by atoms with Gasteiger partial charge in [-0.3, -0.25) is 0 Å². The van der Waals surface area contributed by atoms with Crippen LogP contribution >= 0.6 is 0 Å². The van der Waals surface area contributed by atoms with Crippen LogP contribution in [0.4, 0.5) is 0 Å². The first-order chi connectivity index (χ1) is 4.90. The number of H-pyrrole nitrogens is 1. The molecule has 2 N–H and O–H groups in total. The maximum absolute atomic E-state index is 8.43. The summed E-state index contributed by atoms with van der Waals surface area (Å²) in [5, 5.41) is 11.5. The molecule has 0 spiro atoms. The van der Waals surface area contributed by atoms with Crippen LogP contribution in [-0.2, 0) is 13.1 Å². The summed E-state index contributed by atoms with van der Waals surface area (Å²) >= 11 is 0. The molecule has 0 amide bonds. The number of nitriles is 1. The van der Waals surface area contributed by atoms with Gasteiger partial charge in [0, 0.05) is 13.1 Å². The van der Waals surface area contributed by atoms with Crippen molar-refractivity contribution in [3.8, 4) is 6.07 Å². The van der Waals surface area contributed by atoms with Gasteiger partial charge in [0.05, 0.1) is 11.4 Å². The Morgan fingerprint density at radius 2 is 2.40 bits per heavy atom. The summed E-state index contributed by atoms with van der Waals surface area (Å²) in [5.74, 6) is 0.423. The summed E-state index contributed by atoms with van der Waals surface area (Å²) in [5.41, 5.74) is 2.04. The Kier molecular flexibility index (Phi) is 0.992. The predicted molar refractivity (Wildman–Crippen MR) is 33.8 cm³/mol. The quantitative estimate of drug-likeness (QED) is 0.520. The van der Waals surface area contributed by atoms with E-state index in [1.807, 2.05) is 6.07 Å². The number of imidazole rings is 1. The highest BCUT2D eigenvalue weighted by Gasteiger charge is 2.14. The minimum atomic E-state index is 0.423. The Morgan fingerprint density at radius 3 is 3.10 bits per heavy atom. The van der Waals surface area contributed by atoms with E-state index in [2.05, 4.69) is 15.3 Å². The number of fused-ring (bicyclic) bond motifs is 1. The maximum Gasteiger partial charge on any atom is 0.210 e. The minimum absolute atomic E-state index is 0.423. The fourth-order valence-corrected chi connectivity index (χ4v) is 1.10. The number of nitrogens with zero attached hydrogens (tertiary/aromatic N) is 2. The Hall–Kier alpha value is -1.34. The van der Waals surface area contributed by atoms with Gasteiger partial charge >= 0.3 is 0 Å². The third-order valence-corrected chi connectivity index (χ3v) is 1.56.